The van der Waals surface area contributed by atoms with Crippen LogP contribution in [0.5, 0.6) is 0 Å². The van der Waals surface area contributed by atoms with Crippen LogP contribution in [0.25, 0.3) is 5.69 Å². The monoisotopic (exact) mass is 344 g/mol. The Kier molecular flexibility index (Phi) is 5.23. The van der Waals surface area contributed by atoms with E-state index in [1.165, 1.54) is 11.9 Å². The summed E-state index contributed by atoms with van der Waals surface area (Å²) in [6, 6.07) is 4.38. The van der Waals surface area contributed by atoms with Crippen molar-refractivity contribution in [2.45, 2.75) is 6.18 Å². The molecule has 0 aliphatic carbocycles. The molecule has 1 aromatic heterocycles. The molecule has 0 aliphatic rings. The molecule has 0 fully saturated rings. The first-order valence-electron chi connectivity index (χ1n) is 7.07. The van der Waals surface area contributed by atoms with Crippen LogP contribution in [0.4, 0.5) is 17.6 Å². The smallest absolute Gasteiger partial charge is 0.340 e. The summed E-state index contributed by atoms with van der Waals surface area (Å²) in [6.07, 6.45) is -3.91. The van der Waals surface area contributed by atoms with Gasteiger partial charge in [-0.25, -0.2) is 9.07 Å². The molecule has 5 nitrogen and oxygen atoms in total. The average molecular weight is 344 g/mol. The van der Waals surface area contributed by atoms with Crippen molar-refractivity contribution in [1.82, 2.24) is 20.0 Å². The number of aromatic nitrogens is 2. The van der Waals surface area contributed by atoms with Gasteiger partial charge in [-0.2, -0.15) is 18.3 Å². The molecular formula is C15H16F4N4O. The summed E-state index contributed by atoms with van der Waals surface area (Å²) in [7, 11) is 3.08. The highest BCUT2D eigenvalue weighted by Gasteiger charge is 2.41. The molecule has 1 aromatic carbocycles. The number of nitrogens with one attached hydrogen (secondary N) is 1. The van der Waals surface area contributed by atoms with Gasteiger partial charge in [0, 0.05) is 20.1 Å². The molecule has 0 bridgehead atoms. The Balaban J connectivity index is 2.47. The highest BCUT2D eigenvalue weighted by molar-refractivity contribution is 5.95. The number of alkyl halides is 3. The molecule has 2 aromatic rings. The molecule has 1 heterocycles. The highest BCUT2D eigenvalue weighted by atomic mass is 19.4. The number of likely N-dealkylation sites (N-methyl/N-ethyl adjacent to an activating group) is 2. The Bertz CT molecular complexity index is 709. The SMILES string of the molecule is CNCCN(C)C(=O)c1cnn(-c2ccc(F)cc2)c1C(F)(F)F. The van der Waals surface area contributed by atoms with Crippen molar-refractivity contribution in [2.75, 3.05) is 27.2 Å². The Morgan fingerprint density at radius 3 is 2.46 bits per heavy atom. The largest absolute Gasteiger partial charge is 0.434 e. The third-order valence-corrected chi connectivity index (χ3v) is 3.38. The zero-order chi connectivity index (χ0) is 17.9. The molecule has 9 heteroatoms. The van der Waals surface area contributed by atoms with Gasteiger partial charge in [0.1, 0.15) is 5.82 Å². The molecule has 0 saturated heterocycles. The number of benzene rings is 1. The number of halogens is 4. The van der Waals surface area contributed by atoms with E-state index in [0.717, 1.165) is 30.5 Å². The molecule has 0 atom stereocenters. The van der Waals surface area contributed by atoms with Crippen molar-refractivity contribution in [3.05, 3.63) is 47.5 Å². The van der Waals surface area contributed by atoms with Gasteiger partial charge < -0.3 is 10.2 Å². The van der Waals surface area contributed by atoms with Gasteiger partial charge in [-0.15, -0.1) is 0 Å². The van der Waals surface area contributed by atoms with E-state index >= 15 is 0 Å². The lowest BCUT2D eigenvalue weighted by atomic mass is 10.2. The van der Waals surface area contributed by atoms with Crippen molar-refractivity contribution in [1.29, 1.82) is 0 Å². The maximum Gasteiger partial charge on any atom is 0.434 e. The molecule has 24 heavy (non-hydrogen) atoms. The molecule has 0 spiro atoms. The third kappa shape index (κ3) is 3.73. The first-order chi connectivity index (χ1) is 11.3. The first kappa shape index (κ1) is 17.9. The van der Waals surface area contributed by atoms with Crippen LogP contribution in [0.15, 0.2) is 30.5 Å². The van der Waals surface area contributed by atoms with Crippen LogP contribution >= 0.6 is 0 Å². The fraction of sp³-hybridized carbons (Fsp3) is 0.333. The number of amides is 1. The fourth-order valence-corrected chi connectivity index (χ4v) is 2.14. The Morgan fingerprint density at radius 2 is 1.92 bits per heavy atom. The number of nitrogens with zero attached hydrogens (tertiary/aromatic N) is 3. The lowest BCUT2D eigenvalue weighted by Crippen LogP contribution is -2.34. The van der Waals surface area contributed by atoms with E-state index in [2.05, 4.69) is 10.4 Å². The minimum atomic E-state index is -4.79. The topological polar surface area (TPSA) is 50.2 Å². The molecule has 130 valence electrons. The summed E-state index contributed by atoms with van der Waals surface area (Å²) in [5, 5.41) is 6.49. The first-order valence-corrected chi connectivity index (χ1v) is 7.07. The summed E-state index contributed by atoms with van der Waals surface area (Å²) in [6.45, 7) is 0.685. The predicted molar refractivity (Wildman–Crippen MR) is 79.4 cm³/mol. The van der Waals surface area contributed by atoms with Crippen LogP contribution in [0.3, 0.4) is 0 Å². The van der Waals surface area contributed by atoms with Gasteiger partial charge in [0.15, 0.2) is 5.69 Å². The second-order valence-electron chi connectivity index (χ2n) is 5.12. The zero-order valence-electron chi connectivity index (χ0n) is 13.1. The zero-order valence-corrected chi connectivity index (χ0v) is 13.1. The standard InChI is InChI=1S/C15H16F4N4O/c1-20-7-8-22(2)14(24)12-9-21-23(13(12)15(17,18)19)11-5-3-10(16)4-6-11/h3-6,9,20H,7-8H2,1-2H3. The van der Waals surface area contributed by atoms with Gasteiger partial charge >= 0.3 is 6.18 Å². The molecule has 1 N–H and O–H groups in total. The van der Waals surface area contributed by atoms with Crippen molar-refractivity contribution < 1.29 is 22.4 Å². The summed E-state index contributed by atoms with van der Waals surface area (Å²) >= 11 is 0. The van der Waals surface area contributed by atoms with Crippen molar-refractivity contribution in [3.8, 4) is 5.69 Å². The van der Waals surface area contributed by atoms with E-state index in [1.54, 1.807) is 7.05 Å². The number of rotatable bonds is 5. The Hall–Kier alpha value is -2.42. The van der Waals surface area contributed by atoms with Gasteiger partial charge in [-0.05, 0) is 31.3 Å². The van der Waals surface area contributed by atoms with Crippen LogP contribution in [0.2, 0.25) is 0 Å². The van der Waals surface area contributed by atoms with Gasteiger partial charge in [-0.1, -0.05) is 0 Å². The minimum Gasteiger partial charge on any atom is -0.340 e. The van der Waals surface area contributed by atoms with E-state index in [1.807, 2.05) is 0 Å². The van der Waals surface area contributed by atoms with Crippen LogP contribution in [-0.2, 0) is 6.18 Å². The van der Waals surface area contributed by atoms with E-state index in [-0.39, 0.29) is 12.2 Å². The molecule has 0 saturated carbocycles. The maximum absolute atomic E-state index is 13.5. The fourth-order valence-electron chi connectivity index (χ4n) is 2.14. The maximum atomic E-state index is 13.5. The van der Waals surface area contributed by atoms with E-state index < -0.39 is 29.2 Å². The number of carbonyl (C=O) groups is 1. The van der Waals surface area contributed by atoms with Crippen LogP contribution < -0.4 is 5.32 Å². The predicted octanol–water partition coefficient (Wildman–Crippen LogP) is 2.32. The van der Waals surface area contributed by atoms with Crippen LogP contribution in [0, 0.1) is 5.82 Å². The summed E-state index contributed by atoms with van der Waals surface area (Å²) in [5.41, 5.74) is -1.72. The molecular weight excluding hydrogens is 328 g/mol. The lowest BCUT2D eigenvalue weighted by Gasteiger charge is -2.18. The van der Waals surface area contributed by atoms with E-state index in [0.29, 0.717) is 11.2 Å². The molecule has 2 rings (SSSR count). The minimum absolute atomic E-state index is 0.0145. The average Bonchev–Trinajstić information content (AvgIpc) is 2.97. The van der Waals surface area contributed by atoms with Crippen molar-refractivity contribution >= 4 is 5.91 Å². The molecule has 0 aliphatic heterocycles. The van der Waals surface area contributed by atoms with Gasteiger partial charge in [-0.3, -0.25) is 4.79 Å². The Labute approximate surface area is 135 Å². The number of hydrogen-bond acceptors (Lipinski definition) is 3. The Morgan fingerprint density at radius 1 is 1.29 bits per heavy atom. The highest BCUT2D eigenvalue weighted by Crippen LogP contribution is 2.34. The third-order valence-electron chi connectivity index (χ3n) is 3.38. The summed E-state index contributed by atoms with van der Waals surface area (Å²) in [5.74, 6) is -1.37. The van der Waals surface area contributed by atoms with E-state index in [9.17, 15) is 22.4 Å². The van der Waals surface area contributed by atoms with Gasteiger partial charge in [0.25, 0.3) is 5.91 Å². The van der Waals surface area contributed by atoms with E-state index in [4.69, 9.17) is 0 Å². The number of hydrogen-bond donors (Lipinski definition) is 1. The normalized spacial score (nSPS) is 11.6. The summed E-state index contributed by atoms with van der Waals surface area (Å²) < 4.78 is 54.0. The second kappa shape index (κ2) is 7.00. The van der Waals surface area contributed by atoms with Gasteiger partial charge in [0.05, 0.1) is 17.4 Å². The van der Waals surface area contributed by atoms with Crippen LogP contribution in [-0.4, -0.2) is 47.8 Å². The molecule has 1 amide bonds. The second-order valence-corrected chi connectivity index (χ2v) is 5.12. The lowest BCUT2D eigenvalue weighted by molar-refractivity contribution is -0.143. The van der Waals surface area contributed by atoms with Crippen LogP contribution in [0.1, 0.15) is 16.1 Å². The summed E-state index contributed by atoms with van der Waals surface area (Å²) in [4.78, 5) is 13.5. The number of carbonyl (C=O) groups excluding carboxylic acids is 1. The van der Waals surface area contributed by atoms with Gasteiger partial charge in [0.2, 0.25) is 0 Å². The van der Waals surface area contributed by atoms with Crippen molar-refractivity contribution in [2.24, 2.45) is 0 Å². The molecule has 0 unspecified atom stereocenters. The quantitative estimate of drug-likeness (QED) is 0.847. The van der Waals surface area contributed by atoms with Crippen molar-refractivity contribution in [3.63, 3.8) is 0 Å². The molecule has 0 radical (unpaired) electrons.